The lowest BCUT2D eigenvalue weighted by molar-refractivity contribution is -0.126. The largest absolute Gasteiger partial charge is 0.371 e. The van der Waals surface area contributed by atoms with Gasteiger partial charge in [-0.2, -0.15) is 0 Å². The number of halogens is 1. The second-order valence-corrected chi connectivity index (χ2v) is 7.86. The van der Waals surface area contributed by atoms with E-state index in [1.54, 1.807) is 17.0 Å². The van der Waals surface area contributed by atoms with Crippen LogP contribution in [0.1, 0.15) is 24.8 Å². The van der Waals surface area contributed by atoms with E-state index >= 15 is 0 Å². The average Bonchev–Trinajstić information content (AvgIpc) is 3.37. The number of anilines is 2. The fourth-order valence-electron chi connectivity index (χ4n) is 4.01. The van der Waals surface area contributed by atoms with Crippen LogP contribution in [-0.2, 0) is 16.1 Å². The zero-order valence-electron chi connectivity index (χ0n) is 15.7. The van der Waals surface area contributed by atoms with Crippen molar-refractivity contribution in [1.82, 2.24) is 5.32 Å². The molecule has 146 valence electrons. The Labute approximate surface area is 170 Å². The molecule has 2 amide bonds. The first-order chi connectivity index (χ1) is 13.6. The standard InChI is InChI=1S/C22H24ClN3O2/c23-18-7-9-19(10-8-18)26-15-17(13-21(26)27)22(28)24-14-16-5-1-2-6-20(16)25-11-3-4-12-25/h1-2,5-10,17H,3-4,11-15H2,(H,24,28). The van der Waals surface area contributed by atoms with Gasteiger partial charge in [0, 0.05) is 49.0 Å². The molecule has 1 atom stereocenters. The van der Waals surface area contributed by atoms with Crippen LogP contribution in [0.2, 0.25) is 5.02 Å². The molecule has 0 saturated carbocycles. The molecular weight excluding hydrogens is 374 g/mol. The van der Waals surface area contributed by atoms with Crippen molar-refractivity contribution < 1.29 is 9.59 Å². The number of benzene rings is 2. The van der Waals surface area contributed by atoms with Gasteiger partial charge < -0.3 is 15.1 Å². The van der Waals surface area contributed by atoms with Gasteiger partial charge in [-0.15, -0.1) is 0 Å². The van der Waals surface area contributed by atoms with Gasteiger partial charge >= 0.3 is 0 Å². The third-order valence-electron chi connectivity index (χ3n) is 5.53. The quantitative estimate of drug-likeness (QED) is 0.838. The molecule has 1 N–H and O–H groups in total. The number of hydrogen-bond donors (Lipinski definition) is 1. The van der Waals surface area contributed by atoms with Crippen LogP contribution >= 0.6 is 11.6 Å². The van der Waals surface area contributed by atoms with Crippen LogP contribution < -0.4 is 15.1 Å². The molecule has 4 rings (SSSR count). The predicted molar refractivity (Wildman–Crippen MR) is 112 cm³/mol. The third kappa shape index (κ3) is 3.99. The van der Waals surface area contributed by atoms with Crippen LogP contribution in [0, 0.1) is 5.92 Å². The summed E-state index contributed by atoms with van der Waals surface area (Å²) in [6, 6.07) is 15.4. The van der Waals surface area contributed by atoms with Crippen LogP contribution in [0.4, 0.5) is 11.4 Å². The van der Waals surface area contributed by atoms with E-state index in [4.69, 9.17) is 11.6 Å². The van der Waals surface area contributed by atoms with Crippen molar-refractivity contribution in [2.24, 2.45) is 5.92 Å². The Kier molecular flexibility index (Phi) is 5.53. The molecular formula is C22H24ClN3O2. The molecule has 2 aliphatic heterocycles. The summed E-state index contributed by atoms with van der Waals surface area (Å²) in [5.41, 5.74) is 3.10. The second-order valence-electron chi connectivity index (χ2n) is 7.42. The SMILES string of the molecule is O=C(NCc1ccccc1N1CCCC1)C1CC(=O)N(c2ccc(Cl)cc2)C1. The third-order valence-corrected chi connectivity index (χ3v) is 5.78. The van der Waals surface area contributed by atoms with Crippen molar-refractivity contribution in [3.05, 3.63) is 59.1 Å². The summed E-state index contributed by atoms with van der Waals surface area (Å²) in [5.74, 6) is -0.428. The maximum absolute atomic E-state index is 12.7. The first-order valence-corrected chi connectivity index (χ1v) is 10.2. The van der Waals surface area contributed by atoms with E-state index in [0.29, 0.717) is 18.1 Å². The molecule has 2 aromatic rings. The molecule has 5 nitrogen and oxygen atoms in total. The summed E-state index contributed by atoms with van der Waals surface area (Å²) >= 11 is 5.92. The van der Waals surface area contributed by atoms with Crippen molar-refractivity contribution in [1.29, 1.82) is 0 Å². The van der Waals surface area contributed by atoms with Gasteiger partial charge in [0.1, 0.15) is 0 Å². The van der Waals surface area contributed by atoms with Crippen molar-refractivity contribution in [3.63, 3.8) is 0 Å². The Balaban J connectivity index is 1.38. The number of nitrogens with zero attached hydrogens (tertiary/aromatic N) is 2. The van der Waals surface area contributed by atoms with E-state index in [0.717, 1.165) is 24.3 Å². The molecule has 0 aromatic heterocycles. The van der Waals surface area contributed by atoms with Crippen LogP contribution in [0.15, 0.2) is 48.5 Å². The van der Waals surface area contributed by atoms with Crippen LogP contribution in [0.3, 0.4) is 0 Å². The zero-order chi connectivity index (χ0) is 19.5. The molecule has 2 saturated heterocycles. The van der Waals surface area contributed by atoms with Gasteiger partial charge in [-0.1, -0.05) is 29.8 Å². The summed E-state index contributed by atoms with van der Waals surface area (Å²) in [7, 11) is 0. The maximum atomic E-state index is 12.7. The van der Waals surface area contributed by atoms with Crippen molar-refractivity contribution >= 4 is 34.8 Å². The molecule has 0 radical (unpaired) electrons. The van der Waals surface area contributed by atoms with Gasteiger partial charge in [-0.05, 0) is 48.7 Å². The van der Waals surface area contributed by atoms with Gasteiger partial charge in [0.25, 0.3) is 0 Å². The number of carbonyl (C=O) groups is 2. The van der Waals surface area contributed by atoms with E-state index < -0.39 is 0 Å². The Bertz CT molecular complexity index is 862. The molecule has 2 fully saturated rings. The second kappa shape index (κ2) is 8.23. The lowest BCUT2D eigenvalue weighted by Gasteiger charge is -2.22. The number of para-hydroxylation sites is 1. The van der Waals surface area contributed by atoms with Crippen LogP contribution in [0.5, 0.6) is 0 Å². The Hall–Kier alpha value is -2.53. The molecule has 0 aliphatic carbocycles. The molecule has 1 unspecified atom stereocenters. The highest BCUT2D eigenvalue weighted by Gasteiger charge is 2.35. The van der Waals surface area contributed by atoms with Crippen molar-refractivity contribution in [3.8, 4) is 0 Å². The fourth-order valence-corrected chi connectivity index (χ4v) is 4.13. The van der Waals surface area contributed by atoms with Crippen molar-refractivity contribution in [2.75, 3.05) is 29.4 Å². The molecule has 6 heteroatoms. The minimum atomic E-state index is -0.331. The summed E-state index contributed by atoms with van der Waals surface area (Å²) in [5, 5.41) is 3.67. The fraction of sp³-hybridized carbons (Fsp3) is 0.364. The van der Waals surface area contributed by atoms with Gasteiger partial charge in [0.05, 0.1) is 5.92 Å². The first kappa shape index (κ1) is 18.8. The number of amides is 2. The number of rotatable bonds is 5. The topological polar surface area (TPSA) is 52.7 Å². The first-order valence-electron chi connectivity index (χ1n) is 9.78. The number of hydrogen-bond acceptors (Lipinski definition) is 3. The number of carbonyl (C=O) groups excluding carboxylic acids is 2. The van der Waals surface area contributed by atoms with Gasteiger partial charge in [-0.3, -0.25) is 9.59 Å². The molecule has 2 aromatic carbocycles. The lowest BCUT2D eigenvalue weighted by Crippen LogP contribution is -2.33. The smallest absolute Gasteiger partial charge is 0.227 e. The summed E-state index contributed by atoms with van der Waals surface area (Å²) in [6.45, 7) is 3.02. The molecule has 0 bridgehead atoms. The molecule has 28 heavy (non-hydrogen) atoms. The highest BCUT2D eigenvalue weighted by atomic mass is 35.5. The molecule has 0 spiro atoms. The highest BCUT2D eigenvalue weighted by molar-refractivity contribution is 6.30. The molecule has 2 heterocycles. The van der Waals surface area contributed by atoms with Gasteiger partial charge in [-0.25, -0.2) is 0 Å². The summed E-state index contributed by atoms with van der Waals surface area (Å²) in [6.07, 6.45) is 2.67. The van der Waals surface area contributed by atoms with Crippen LogP contribution in [-0.4, -0.2) is 31.4 Å². The normalized spacial score (nSPS) is 19.3. The maximum Gasteiger partial charge on any atom is 0.227 e. The monoisotopic (exact) mass is 397 g/mol. The summed E-state index contributed by atoms with van der Waals surface area (Å²) in [4.78, 5) is 29.1. The minimum Gasteiger partial charge on any atom is -0.371 e. The number of nitrogens with one attached hydrogen (secondary N) is 1. The lowest BCUT2D eigenvalue weighted by atomic mass is 10.1. The van der Waals surface area contributed by atoms with E-state index in [-0.39, 0.29) is 24.2 Å². The van der Waals surface area contributed by atoms with E-state index in [2.05, 4.69) is 22.3 Å². The molecule has 2 aliphatic rings. The van der Waals surface area contributed by atoms with Gasteiger partial charge in [0.2, 0.25) is 11.8 Å². The van der Waals surface area contributed by atoms with Gasteiger partial charge in [0.15, 0.2) is 0 Å². The van der Waals surface area contributed by atoms with E-state index in [1.807, 2.05) is 24.3 Å². The Morgan fingerprint density at radius 2 is 1.79 bits per heavy atom. The van der Waals surface area contributed by atoms with Crippen LogP contribution in [0.25, 0.3) is 0 Å². The van der Waals surface area contributed by atoms with E-state index in [9.17, 15) is 9.59 Å². The van der Waals surface area contributed by atoms with Crippen molar-refractivity contribution in [2.45, 2.75) is 25.8 Å². The Morgan fingerprint density at radius 3 is 2.54 bits per heavy atom. The zero-order valence-corrected chi connectivity index (χ0v) is 16.5. The van der Waals surface area contributed by atoms with E-state index in [1.165, 1.54) is 18.5 Å². The highest BCUT2D eigenvalue weighted by Crippen LogP contribution is 2.27. The summed E-state index contributed by atoms with van der Waals surface area (Å²) < 4.78 is 0. The Morgan fingerprint density at radius 1 is 1.07 bits per heavy atom. The predicted octanol–water partition coefficient (Wildman–Crippen LogP) is 3.61. The minimum absolute atomic E-state index is 0.0278. The average molecular weight is 398 g/mol.